The van der Waals surface area contributed by atoms with E-state index in [-0.39, 0.29) is 10.6 Å². The van der Waals surface area contributed by atoms with Crippen molar-refractivity contribution in [2.45, 2.75) is 77.7 Å². The molecule has 0 fully saturated rings. The molecule has 0 aliphatic heterocycles. The molecule has 30 heavy (non-hydrogen) atoms. The normalized spacial score (nSPS) is 14.4. The van der Waals surface area contributed by atoms with E-state index in [0.717, 1.165) is 6.42 Å². The van der Waals surface area contributed by atoms with E-state index in [0.29, 0.717) is 17.9 Å². The fourth-order valence-electron chi connectivity index (χ4n) is 2.59. The highest BCUT2D eigenvalue weighted by Crippen LogP contribution is 2.21. The number of ether oxygens (including phenoxy) is 1. The minimum atomic E-state index is -1.31. The van der Waals surface area contributed by atoms with Gasteiger partial charge in [0.25, 0.3) is 5.91 Å². The number of aliphatic hydroxyl groups excluding tert-OH is 1. The second-order valence-electron chi connectivity index (χ2n) is 8.05. The Balaban J connectivity index is 2.98. The Morgan fingerprint density at radius 2 is 1.80 bits per heavy atom. The first-order valence-corrected chi connectivity index (χ1v) is 10.6. The van der Waals surface area contributed by atoms with Crippen molar-refractivity contribution in [2.75, 3.05) is 0 Å². The van der Waals surface area contributed by atoms with Gasteiger partial charge in [-0.25, -0.2) is 4.79 Å². The topological polar surface area (TPSA) is 105 Å². The van der Waals surface area contributed by atoms with Crippen LogP contribution in [-0.4, -0.2) is 46.7 Å². The van der Waals surface area contributed by atoms with Crippen LogP contribution in [0.2, 0.25) is 10.0 Å². The lowest BCUT2D eigenvalue weighted by Crippen LogP contribution is -2.56. The van der Waals surface area contributed by atoms with E-state index in [9.17, 15) is 19.5 Å². The molecule has 0 saturated carbocycles. The number of benzene rings is 1. The third kappa shape index (κ3) is 8.50. The van der Waals surface area contributed by atoms with Gasteiger partial charge in [-0.1, -0.05) is 43.0 Å². The van der Waals surface area contributed by atoms with Gasteiger partial charge in [-0.2, -0.15) is 0 Å². The fraction of sp³-hybridized carbons (Fsp3) is 0.571. The summed E-state index contributed by atoms with van der Waals surface area (Å²) in [7, 11) is 0. The van der Waals surface area contributed by atoms with Crippen molar-refractivity contribution >= 4 is 41.0 Å². The van der Waals surface area contributed by atoms with E-state index in [1.54, 1.807) is 20.8 Å². The number of unbranched alkanes of at least 4 members (excludes halogenated alkanes) is 1. The lowest BCUT2D eigenvalue weighted by molar-refractivity contribution is -0.159. The van der Waals surface area contributed by atoms with Crippen LogP contribution >= 0.6 is 23.2 Å². The highest BCUT2D eigenvalue weighted by Gasteiger charge is 2.32. The number of carbonyl (C=O) groups excluding carboxylic acids is 3. The first kappa shape index (κ1) is 26.2. The molecule has 0 bridgehead atoms. The van der Waals surface area contributed by atoms with Crippen molar-refractivity contribution in [1.82, 2.24) is 10.6 Å². The van der Waals surface area contributed by atoms with Crippen molar-refractivity contribution in [2.24, 2.45) is 0 Å². The Morgan fingerprint density at radius 1 is 1.17 bits per heavy atom. The van der Waals surface area contributed by atoms with Gasteiger partial charge in [-0.15, -0.1) is 0 Å². The van der Waals surface area contributed by atoms with E-state index >= 15 is 0 Å². The predicted molar refractivity (Wildman–Crippen MR) is 117 cm³/mol. The second kappa shape index (κ2) is 11.5. The third-order valence-corrected chi connectivity index (χ3v) is 4.64. The van der Waals surface area contributed by atoms with Crippen LogP contribution < -0.4 is 10.6 Å². The maximum Gasteiger partial charge on any atom is 0.329 e. The Kier molecular flexibility index (Phi) is 10.1. The smallest absolute Gasteiger partial charge is 0.329 e. The van der Waals surface area contributed by atoms with Crippen LogP contribution in [0.15, 0.2) is 18.2 Å². The number of hydrogen-bond donors (Lipinski definition) is 3. The van der Waals surface area contributed by atoms with Gasteiger partial charge in [-0.3, -0.25) is 9.59 Å². The highest BCUT2D eigenvalue weighted by molar-refractivity contribution is 6.35. The largest absolute Gasteiger partial charge is 0.458 e. The van der Waals surface area contributed by atoms with Crippen LogP contribution in [0.5, 0.6) is 0 Å². The van der Waals surface area contributed by atoms with E-state index in [2.05, 4.69) is 10.6 Å². The minimum Gasteiger partial charge on any atom is -0.458 e. The molecule has 2 amide bonds. The van der Waals surface area contributed by atoms with Crippen molar-refractivity contribution in [1.29, 1.82) is 0 Å². The summed E-state index contributed by atoms with van der Waals surface area (Å²) in [4.78, 5) is 37.9. The van der Waals surface area contributed by atoms with Crippen LogP contribution in [0.25, 0.3) is 0 Å². The Hall–Kier alpha value is -1.83. The van der Waals surface area contributed by atoms with Crippen LogP contribution in [0.3, 0.4) is 0 Å². The first-order chi connectivity index (χ1) is 13.9. The molecule has 3 N–H and O–H groups in total. The molecule has 1 rings (SSSR count). The number of aliphatic hydroxyl groups is 1. The van der Waals surface area contributed by atoms with E-state index < -0.39 is 41.6 Å². The molecule has 1 aromatic carbocycles. The molecule has 3 unspecified atom stereocenters. The maximum atomic E-state index is 12.8. The molecule has 0 radical (unpaired) electrons. The number of hydrogen-bond acceptors (Lipinski definition) is 5. The third-order valence-electron chi connectivity index (χ3n) is 4.08. The van der Waals surface area contributed by atoms with Gasteiger partial charge in [0.1, 0.15) is 17.7 Å². The monoisotopic (exact) mass is 460 g/mol. The Bertz CT molecular complexity index is 762. The van der Waals surface area contributed by atoms with E-state index in [4.69, 9.17) is 27.9 Å². The van der Waals surface area contributed by atoms with Gasteiger partial charge in [0.15, 0.2) is 0 Å². The molecule has 0 aromatic heterocycles. The minimum absolute atomic E-state index is 0.0669. The van der Waals surface area contributed by atoms with Gasteiger partial charge < -0.3 is 20.5 Å². The van der Waals surface area contributed by atoms with Crippen molar-refractivity contribution < 1.29 is 24.2 Å². The van der Waals surface area contributed by atoms with E-state index in [1.807, 2.05) is 6.92 Å². The Morgan fingerprint density at radius 3 is 2.33 bits per heavy atom. The molecule has 1 aromatic rings. The van der Waals surface area contributed by atoms with Crippen LogP contribution in [-0.2, 0) is 14.3 Å². The number of halogens is 2. The summed E-state index contributed by atoms with van der Waals surface area (Å²) in [5.74, 6) is -1.95. The molecular weight excluding hydrogens is 431 g/mol. The van der Waals surface area contributed by atoms with Gasteiger partial charge in [0, 0.05) is 5.02 Å². The summed E-state index contributed by atoms with van der Waals surface area (Å²) in [5.41, 5.74) is -0.648. The molecule has 0 saturated heterocycles. The molecular formula is C21H30Cl2N2O5. The quantitative estimate of drug-likeness (QED) is 0.489. The number of esters is 1. The summed E-state index contributed by atoms with van der Waals surface area (Å²) in [6.45, 7) is 8.52. The van der Waals surface area contributed by atoms with Gasteiger partial charge >= 0.3 is 5.97 Å². The average molecular weight is 461 g/mol. The zero-order valence-electron chi connectivity index (χ0n) is 17.9. The fourth-order valence-corrected chi connectivity index (χ4v) is 2.96. The summed E-state index contributed by atoms with van der Waals surface area (Å²) < 4.78 is 5.38. The maximum absolute atomic E-state index is 12.8. The predicted octanol–water partition coefficient (Wildman–Crippen LogP) is 3.49. The summed E-state index contributed by atoms with van der Waals surface area (Å²) in [5, 5.41) is 15.6. The first-order valence-electron chi connectivity index (χ1n) is 9.83. The standard InChI is InChI=1S/C21H30Cl2N2O5/c1-6-7-8-16(20(29)30-21(3,4)5)24-19(28)17(12(2)26)25-18(27)14-11-13(22)9-10-15(14)23/h9-12,16-17,26H,6-8H2,1-5H3,(H,24,28)(H,25,27). The summed E-state index contributed by atoms with van der Waals surface area (Å²) >= 11 is 11.9. The van der Waals surface area contributed by atoms with E-state index in [1.165, 1.54) is 25.1 Å². The SMILES string of the molecule is CCCCC(NC(=O)C(NC(=O)c1cc(Cl)ccc1Cl)C(C)O)C(=O)OC(C)(C)C. The summed E-state index contributed by atoms with van der Waals surface area (Å²) in [6, 6.07) is 2.14. The van der Waals surface area contributed by atoms with Gasteiger partial charge in [-0.05, 0) is 52.3 Å². The highest BCUT2D eigenvalue weighted by atomic mass is 35.5. The molecule has 9 heteroatoms. The van der Waals surface area contributed by atoms with Crippen molar-refractivity contribution in [3.63, 3.8) is 0 Å². The molecule has 0 aliphatic rings. The van der Waals surface area contributed by atoms with Crippen molar-refractivity contribution in [3.8, 4) is 0 Å². The molecule has 3 atom stereocenters. The number of rotatable bonds is 9. The molecule has 7 nitrogen and oxygen atoms in total. The van der Waals surface area contributed by atoms with Crippen LogP contribution in [0, 0.1) is 0 Å². The van der Waals surface area contributed by atoms with Crippen LogP contribution in [0.1, 0.15) is 64.2 Å². The van der Waals surface area contributed by atoms with Crippen molar-refractivity contribution in [3.05, 3.63) is 33.8 Å². The lowest BCUT2D eigenvalue weighted by atomic mass is 10.1. The zero-order chi connectivity index (χ0) is 23.1. The van der Waals surface area contributed by atoms with Gasteiger partial charge in [0.05, 0.1) is 16.7 Å². The molecule has 0 heterocycles. The molecule has 168 valence electrons. The molecule has 0 spiro atoms. The number of carbonyl (C=O) groups is 3. The Labute approximate surface area is 187 Å². The number of nitrogens with one attached hydrogen (secondary N) is 2. The molecule has 0 aliphatic carbocycles. The lowest BCUT2D eigenvalue weighted by Gasteiger charge is -2.27. The van der Waals surface area contributed by atoms with Crippen LogP contribution in [0.4, 0.5) is 0 Å². The number of amides is 2. The second-order valence-corrected chi connectivity index (χ2v) is 8.90. The van der Waals surface area contributed by atoms with Gasteiger partial charge in [0.2, 0.25) is 5.91 Å². The summed E-state index contributed by atoms with van der Waals surface area (Å²) in [6.07, 6.45) is 0.655. The zero-order valence-corrected chi connectivity index (χ0v) is 19.4. The average Bonchev–Trinajstić information content (AvgIpc) is 2.62.